The molecule has 0 aromatic carbocycles. The van der Waals surface area contributed by atoms with Gasteiger partial charge in [0, 0.05) is 52.2 Å². The van der Waals surface area contributed by atoms with Crippen LogP contribution in [0, 0.1) is 0 Å². The van der Waals surface area contributed by atoms with Crippen LogP contribution in [0.25, 0.3) is 0 Å². The Labute approximate surface area is 109 Å². The lowest BCUT2D eigenvalue weighted by Gasteiger charge is -2.42. The number of rotatable bonds is 3. The van der Waals surface area contributed by atoms with Gasteiger partial charge in [-0.05, 0) is 12.8 Å². The number of hydrogen-bond acceptors (Lipinski definition) is 4. The number of piperidine rings is 1. The summed E-state index contributed by atoms with van der Waals surface area (Å²) in [5, 5.41) is 0. The highest BCUT2D eigenvalue weighted by atomic mass is 16.2. The van der Waals surface area contributed by atoms with Crippen molar-refractivity contribution in [1.29, 1.82) is 0 Å². The van der Waals surface area contributed by atoms with E-state index >= 15 is 0 Å². The van der Waals surface area contributed by atoms with Crippen LogP contribution in [0.3, 0.4) is 0 Å². The maximum atomic E-state index is 11.3. The second-order valence-corrected chi connectivity index (χ2v) is 5.19. The molecule has 2 aliphatic heterocycles. The molecule has 0 spiro atoms. The van der Waals surface area contributed by atoms with E-state index in [-0.39, 0.29) is 5.91 Å². The highest BCUT2D eigenvalue weighted by molar-refractivity contribution is 5.73. The lowest BCUT2D eigenvalue weighted by atomic mass is 10.0. The van der Waals surface area contributed by atoms with E-state index in [1.807, 2.05) is 11.2 Å². The highest BCUT2D eigenvalue weighted by Crippen LogP contribution is 2.17. The molecule has 0 atom stereocenters. The van der Waals surface area contributed by atoms with E-state index in [1.54, 1.807) is 6.92 Å². The van der Waals surface area contributed by atoms with Crippen molar-refractivity contribution in [1.82, 2.24) is 14.7 Å². The minimum atomic E-state index is 0.186. The van der Waals surface area contributed by atoms with Crippen LogP contribution in [-0.4, -0.2) is 78.7 Å². The Morgan fingerprint density at radius 1 is 1.11 bits per heavy atom. The number of piperazine rings is 1. The van der Waals surface area contributed by atoms with E-state index in [0.29, 0.717) is 12.6 Å². The van der Waals surface area contributed by atoms with Gasteiger partial charge in [-0.2, -0.15) is 0 Å². The molecule has 0 aliphatic carbocycles. The number of carbonyl (C=O) groups is 1. The van der Waals surface area contributed by atoms with Gasteiger partial charge < -0.3 is 4.90 Å². The summed E-state index contributed by atoms with van der Waals surface area (Å²) in [6, 6.07) is 0.627. The SMILES string of the molecule is CC(=O)N1CCN(C2CCN(C[C]=O)CC2)CC1. The smallest absolute Gasteiger partial charge is 0.219 e. The molecule has 0 saturated carbocycles. The summed E-state index contributed by atoms with van der Waals surface area (Å²) in [4.78, 5) is 28.2. The predicted octanol–water partition coefficient (Wildman–Crippen LogP) is -0.275. The van der Waals surface area contributed by atoms with E-state index in [9.17, 15) is 9.59 Å². The molecule has 0 aromatic heterocycles. The molecule has 1 amide bonds. The van der Waals surface area contributed by atoms with Gasteiger partial charge in [0.25, 0.3) is 0 Å². The van der Waals surface area contributed by atoms with Crippen molar-refractivity contribution in [3.05, 3.63) is 0 Å². The molecule has 2 heterocycles. The molecular formula is C13H22N3O2. The minimum Gasteiger partial charge on any atom is -0.340 e. The van der Waals surface area contributed by atoms with Crippen molar-refractivity contribution in [2.24, 2.45) is 0 Å². The Morgan fingerprint density at radius 2 is 1.72 bits per heavy atom. The van der Waals surface area contributed by atoms with Gasteiger partial charge in [-0.15, -0.1) is 0 Å². The maximum Gasteiger partial charge on any atom is 0.219 e. The quantitative estimate of drug-likeness (QED) is 0.693. The fraction of sp³-hybridized carbons (Fsp3) is 0.846. The minimum absolute atomic E-state index is 0.186. The van der Waals surface area contributed by atoms with Crippen molar-refractivity contribution in [3.63, 3.8) is 0 Å². The average molecular weight is 252 g/mol. The van der Waals surface area contributed by atoms with Gasteiger partial charge in [-0.1, -0.05) is 0 Å². The Hall–Kier alpha value is -0.940. The number of carbonyl (C=O) groups excluding carboxylic acids is 2. The first-order valence-electron chi connectivity index (χ1n) is 6.77. The Kier molecular flexibility index (Phi) is 4.72. The third-order valence-electron chi connectivity index (χ3n) is 4.12. The number of nitrogens with zero attached hydrogens (tertiary/aromatic N) is 3. The predicted molar refractivity (Wildman–Crippen MR) is 69.0 cm³/mol. The summed E-state index contributed by atoms with van der Waals surface area (Å²) in [7, 11) is 0. The Balaban J connectivity index is 1.74. The lowest BCUT2D eigenvalue weighted by Crippen LogP contribution is -2.54. The monoisotopic (exact) mass is 252 g/mol. The zero-order valence-corrected chi connectivity index (χ0v) is 11.1. The largest absolute Gasteiger partial charge is 0.340 e. The molecule has 2 aliphatic rings. The summed E-state index contributed by atoms with van der Waals surface area (Å²) in [5.41, 5.74) is 0. The number of hydrogen-bond donors (Lipinski definition) is 0. The van der Waals surface area contributed by atoms with Gasteiger partial charge in [-0.3, -0.25) is 19.4 Å². The van der Waals surface area contributed by atoms with Crippen LogP contribution in [0.15, 0.2) is 0 Å². The van der Waals surface area contributed by atoms with Crippen LogP contribution in [0.1, 0.15) is 19.8 Å². The van der Waals surface area contributed by atoms with Gasteiger partial charge in [0.15, 0.2) is 0 Å². The van der Waals surface area contributed by atoms with Crippen LogP contribution in [-0.2, 0) is 9.59 Å². The first-order valence-corrected chi connectivity index (χ1v) is 6.77. The molecular weight excluding hydrogens is 230 g/mol. The van der Waals surface area contributed by atoms with Gasteiger partial charge in [0.05, 0.1) is 6.54 Å². The van der Waals surface area contributed by atoms with Crippen molar-refractivity contribution >= 4 is 12.2 Å². The molecule has 2 fully saturated rings. The van der Waals surface area contributed by atoms with Crippen molar-refractivity contribution in [2.75, 3.05) is 45.8 Å². The van der Waals surface area contributed by atoms with Crippen LogP contribution in [0.4, 0.5) is 0 Å². The zero-order chi connectivity index (χ0) is 13.0. The molecule has 2 saturated heterocycles. The van der Waals surface area contributed by atoms with E-state index in [0.717, 1.165) is 52.1 Å². The summed E-state index contributed by atoms with van der Waals surface area (Å²) < 4.78 is 0. The molecule has 18 heavy (non-hydrogen) atoms. The van der Waals surface area contributed by atoms with Gasteiger partial charge >= 0.3 is 0 Å². The highest BCUT2D eigenvalue weighted by Gasteiger charge is 2.27. The van der Waals surface area contributed by atoms with Gasteiger partial charge in [0.1, 0.15) is 0 Å². The number of amides is 1. The molecule has 0 unspecified atom stereocenters. The summed E-state index contributed by atoms with van der Waals surface area (Å²) in [5.74, 6) is 0.186. The van der Waals surface area contributed by atoms with E-state index in [2.05, 4.69) is 9.80 Å². The summed E-state index contributed by atoms with van der Waals surface area (Å²) in [6.45, 7) is 7.78. The van der Waals surface area contributed by atoms with Crippen LogP contribution < -0.4 is 0 Å². The topological polar surface area (TPSA) is 43.9 Å². The zero-order valence-electron chi connectivity index (χ0n) is 11.1. The van der Waals surface area contributed by atoms with Crippen LogP contribution in [0.5, 0.6) is 0 Å². The Bertz CT molecular complexity index is 293. The molecule has 5 nitrogen and oxygen atoms in total. The lowest BCUT2D eigenvalue weighted by molar-refractivity contribution is -0.131. The summed E-state index contributed by atoms with van der Waals surface area (Å²) in [6.07, 6.45) is 4.22. The van der Waals surface area contributed by atoms with Gasteiger partial charge in [0.2, 0.25) is 12.2 Å². The molecule has 0 N–H and O–H groups in total. The van der Waals surface area contributed by atoms with E-state index in [4.69, 9.17) is 0 Å². The van der Waals surface area contributed by atoms with Crippen LogP contribution in [0.2, 0.25) is 0 Å². The summed E-state index contributed by atoms with van der Waals surface area (Å²) >= 11 is 0. The van der Waals surface area contributed by atoms with Gasteiger partial charge in [-0.25, -0.2) is 0 Å². The third kappa shape index (κ3) is 3.29. The second-order valence-electron chi connectivity index (χ2n) is 5.19. The average Bonchev–Trinajstić information content (AvgIpc) is 2.40. The molecule has 101 valence electrons. The molecule has 1 radical (unpaired) electrons. The Morgan fingerprint density at radius 3 is 2.22 bits per heavy atom. The fourth-order valence-electron chi connectivity index (χ4n) is 2.94. The molecule has 2 rings (SSSR count). The second kappa shape index (κ2) is 6.29. The fourth-order valence-corrected chi connectivity index (χ4v) is 2.94. The van der Waals surface area contributed by atoms with Crippen molar-refractivity contribution in [3.8, 4) is 0 Å². The first kappa shape index (κ1) is 13.5. The van der Waals surface area contributed by atoms with E-state index in [1.165, 1.54) is 0 Å². The maximum absolute atomic E-state index is 11.3. The van der Waals surface area contributed by atoms with Crippen molar-refractivity contribution in [2.45, 2.75) is 25.8 Å². The van der Waals surface area contributed by atoms with E-state index < -0.39 is 0 Å². The molecule has 0 aromatic rings. The standard InChI is InChI=1S/C13H22N3O2/c1-12(18)15-6-8-16(9-7-15)13-2-4-14(5-3-13)10-11-17/h13H,2-10H2,1H3. The molecule has 0 bridgehead atoms. The molecule has 5 heteroatoms. The first-order chi connectivity index (χ1) is 8.70. The third-order valence-corrected chi connectivity index (χ3v) is 4.12. The van der Waals surface area contributed by atoms with Crippen LogP contribution >= 0.6 is 0 Å². The number of likely N-dealkylation sites (tertiary alicyclic amines) is 1. The normalized spacial score (nSPS) is 24.2. The van der Waals surface area contributed by atoms with Crippen molar-refractivity contribution < 1.29 is 9.59 Å².